The molecule has 1 heterocycles. The van der Waals surface area contributed by atoms with Gasteiger partial charge in [-0.2, -0.15) is 10.4 Å². The molecule has 21 heavy (non-hydrogen) atoms. The molecule has 0 bridgehead atoms. The minimum atomic E-state index is -0.923. The van der Waals surface area contributed by atoms with Gasteiger partial charge in [-0.05, 0) is 25.5 Å². The fraction of sp³-hybridized carbons (Fsp3) is 0.154. The number of halogens is 1. The monoisotopic (exact) mass is 288 g/mol. The van der Waals surface area contributed by atoms with E-state index in [1.165, 1.54) is 0 Å². The number of ether oxygens (including phenoxy) is 1. The highest BCUT2D eigenvalue weighted by molar-refractivity contribution is 5.47. The van der Waals surface area contributed by atoms with Crippen LogP contribution in [0, 0.1) is 41.1 Å². The molecule has 0 amide bonds. The summed E-state index contributed by atoms with van der Waals surface area (Å²) in [5.41, 5.74) is 0.875. The van der Waals surface area contributed by atoms with Crippen molar-refractivity contribution in [2.45, 2.75) is 13.8 Å². The van der Waals surface area contributed by atoms with Crippen LogP contribution in [0.25, 0.3) is 0 Å². The molecular weight excluding hydrogens is 279 g/mol. The summed E-state index contributed by atoms with van der Waals surface area (Å²) >= 11 is 0. The number of benzene rings is 1. The van der Waals surface area contributed by atoms with Crippen molar-refractivity contribution in [3.8, 4) is 17.7 Å². The summed E-state index contributed by atoms with van der Waals surface area (Å²) in [5, 5.41) is 27.2. The number of nitriles is 1. The number of nitro groups is 1. The van der Waals surface area contributed by atoms with Crippen LogP contribution in [0.15, 0.2) is 18.2 Å². The van der Waals surface area contributed by atoms with E-state index in [1.54, 1.807) is 13.8 Å². The van der Waals surface area contributed by atoms with Crippen LogP contribution < -0.4 is 4.74 Å². The standard InChI is InChI=1S/C13H9FN4O3/c1-7-8(2)16-17-13(10(7)6-15)21-12-4-3-9(18(19)20)5-11(12)14/h3-5H,1-2H3. The molecule has 0 atom stereocenters. The SMILES string of the molecule is Cc1nnc(Oc2ccc([N+](=O)[O-])cc2F)c(C#N)c1C. The normalized spacial score (nSPS) is 10.0. The van der Waals surface area contributed by atoms with Crippen molar-refractivity contribution in [3.63, 3.8) is 0 Å². The topological polar surface area (TPSA) is 102 Å². The van der Waals surface area contributed by atoms with Crippen LogP contribution in [0.3, 0.4) is 0 Å². The number of non-ortho nitro benzene ring substituents is 1. The zero-order valence-electron chi connectivity index (χ0n) is 11.1. The second kappa shape index (κ2) is 5.50. The summed E-state index contributed by atoms with van der Waals surface area (Å²) < 4.78 is 19.0. The average molecular weight is 288 g/mol. The van der Waals surface area contributed by atoms with Crippen LogP contribution >= 0.6 is 0 Å². The van der Waals surface area contributed by atoms with Gasteiger partial charge in [-0.1, -0.05) is 0 Å². The minimum Gasteiger partial charge on any atom is -0.433 e. The van der Waals surface area contributed by atoms with E-state index in [0.717, 1.165) is 18.2 Å². The first-order chi connectivity index (χ1) is 9.93. The number of hydrogen-bond acceptors (Lipinski definition) is 6. The molecule has 0 spiro atoms. The molecule has 0 saturated carbocycles. The van der Waals surface area contributed by atoms with Gasteiger partial charge < -0.3 is 4.74 Å². The van der Waals surface area contributed by atoms with Crippen molar-refractivity contribution in [2.24, 2.45) is 0 Å². The van der Waals surface area contributed by atoms with E-state index in [4.69, 9.17) is 10.00 Å². The molecule has 1 aromatic heterocycles. The van der Waals surface area contributed by atoms with Crippen LogP contribution in [0.4, 0.5) is 10.1 Å². The predicted molar refractivity (Wildman–Crippen MR) is 69.3 cm³/mol. The Morgan fingerprint density at radius 2 is 2.10 bits per heavy atom. The van der Waals surface area contributed by atoms with Crippen LogP contribution in [0.1, 0.15) is 16.8 Å². The molecule has 2 rings (SSSR count). The van der Waals surface area contributed by atoms with Gasteiger partial charge in [0.1, 0.15) is 11.6 Å². The third-order valence-corrected chi connectivity index (χ3v) is 2.87. The first kappa shape index (κ1) is 14.3. The number of aryl methyl sites for hydroxylation is 1. The highest BCUT2D eigenvalue weighted by Gasteiger charge is 2.17. The van der Waals surface area contributed by atoms with E-state index in [2.05, 4.69) is 10.2 Å². The van der Waals surface area contributed by atoms with Gasteiger partial charge in [0.15, 0.2) is 11.6 Å². The first-order valence-electron chi connectivity index (χ1n) is 5.79. The molecule has 0 aliphatic carbocycles. The summed E-state index contributed by atoms with van der Waals surface area (Å²) in [5.74, 6) is -1.34. The average Bonchev–Trinajstić information content (AvgIpc) is 2.45. The third kappa shape index (κ3) is 2.76. The number of nitro benzene ring substituents is 1. The zero-order chi connectivity index (χ0) is 15.6. The molecule has 0 unspecified atom stereocenters. The molecule has 0 aliphatic heterocycles. The predicted octanol–water partition coefficient (Wildman–Crippen LogP) is 2.80. The van der Waals surface area contributed by atoms with Gasteiger partial charge in [0.05, 0.1) is 16.7 Å². The van der Waals surface area contributed by atoms with Gasteiger partial charge in [-0.25, -0.2) is 4.39 Å². The molecule has 0 N–H and O–H groups in total. The molecule has 0 saturated heterocycles. The second-order valence-corrected chi connectivity index (χ2v) is 4.18. The number of aromatic nitrogens is 2. The summed E-state index contributed by atoms with van der Waals surface area (Å²) in [4.78, 5) is 9.82. The van der Waals surface area contributed by atoms with Crippen LogP contribution in [-0.4, -0.2) is 15.1 Å². The van der Waals surface area contributed by atoms with Gasteiger partial charge in [0.2, 0.25) is 0 Å². The smallest absolute Gasteiger partial charge is 0.272 e. The van der Waals surface area contributed by atoms with Crippen molar-refractivity contribution in [2.75, 3.05) is 0 Å². The lowest BCUT2D eigenvalue weighted by molar-refractivity contribution is -0.385. The van der Waals surface area contributed by atoms with Crippen LogP contribution in [0.5, 0.6) is 11.6 Å². The van der Waals surface area contributed by atoms with Gasteiger partial charge in [0.25, 0.3) is 11.6 Å². The second-order valence-electron chi connectivity index (χ2n) is 4.18. The van der Waals surface area contributed by atoms with E-state index < -0.39 is 16.4 Å². The number of nitrogens with zero attached hydrogens (tertiary/aromatic N) is 4. The third-order valence-electron chi connectivity index (χ3n) is 2.87. The summed E-state index contributed by atoms with van der Waals surface area (Å²) in [6, 6.07) is 4.85. The molecule has 0 fully saturated rings. The maximum absolute atomic E-state index is 13.8. The molecule has 106 valence electrons. The Bertz CT molecular complexity index is 771. The Balaban J connectivity index is 2.42. The fourth-order valence-electron chi connectivity index (χ4n) is 1.58. The molecule has 0 radical (unpaired) electrons. The molecule has 1 aromatic carbocycles. The van der Waals surface area contributed by atoms with Crippen molar-refractivity contribution in [3.05, 3.63) is 51.0 Å². The van der Waals surface area contributed by atoms with Gasteiger partial charge in [0, 0.05) is 6.07 Å². The van der Waals surface area contributed by atoms with E-state index in [0.29, 0.717) is 11.3 Å². The van der Waals surface area contributed by atoms with Crippen LogP contribution in [-0.2, 0) is 0 Å². The van der Waals surface area contributed by atoms with E-state index in [9.17, 15) is 14.5 Å². The lowest BCUT2D eigenvalue weighted by atomic mass is 10.1. The van der Waals surface area contributed by atoms with Gasteiger partial charge >= 0.3 is 0 Å². The fourth-order valence-corrected chi connectivity index (χ4v) is 1.58. The Morgan fingerprint density at radius 1 is 1.38 bits per heavy atom. The molecular formula is C13H9FN4O3. The van der Waals surface area contributed by atoms with Crippen molar-refractivity contribution >= 4 is 5.69 Å². The number of hydrogen-bond donors (Lipinski definition) is 0. The summed E-state index contributed by atoms with van der Waals surface area (Å²) in [6.45, 7) is 3.35. The highest BCUT2D eigenvalue weighted by atomic mass is 19.1. The first-order valence-corrected chi connectivity index (χ1v) is 5.79. The van der Waals surface area contributed by atoms with Crippen LogP contribution in [0.2, 0.25) is 0 Å². The summed E-state index contributed by atoms with van der Waals surface area (Å²) in [6.07, 6.45) is 0. The maximum atomic E-state index is 13.8. The maximum Gasteiger partial charge on any atom is 0.272 e. The quantitative estimate of drug-likeness (QED) is 0.635. The Labute approximate surface area is 118 Å². The summed E-state index contributed by atoms with van der Waals surface area (Å²) in [7, 11) is 0. The Morgan fingerprint density at radius 3 is 2.67 bits per heavy atom. The molecule has 7 nitrogen and oxygen atoms in total. The van der Waals surface area contributed by atoms with Crippen molar-refractivity contribution < 1.29 is 14.1 Å². The molecule has 0 aliphatic rings. The molecule has 8 heteroatoms. The Hall–Kier alpha value is -3.08. The van der Waals surface area contributed by atoms with Gasteiger partial charge in [-0.3, -0.25) is 10.1 Å². The minimum absolute atomic E-state index is 0.139. The van der Waals surface area contributed by atoms with E-state index >= 15 is 0 Å². The molecule has 2 aromatic rings. The Kier molecular flexibility index (Phi) is 3.75. The van der Waals surface area contributed by atoms with Gasteiger partial charge in [-0.15, -0.1) is 5.10 Å². The van der Waals surface area contributed by atoms with Crippen molar-refractivity contribution in [1.82, 2.24) is 10.2 Å². The van der Waals surface area contributed by atoms with E-state index in [-0.39, 0.29) is 17.2 Å². The van der Waals surface area contributed by atoms with Crippen molar-refractivity contribution in [1.29, 1.82) is 5.26 Å². The highest BCUT2D eigenvalue weighted by Crippen LogP contribution is 2.29. The largest absolute Gasteiger partial charge is 0.433 e. The number of rotatable bonds is 3. The zero-order valence-corrected chi connectivity index (χ0v) is 11.1. The lowest BCUT2D eigenvalue weighted by Crippen LogP contribution is -2.01. The lowest BCUT2D eigenvalue weighted by Gasteiger charge is -2.09. The van der Waals surface area contributed by atoms with E-state index in [1.807, 2.05) is 6.07 Å².